The smallest absolute Gasteiger partial charge is 0.150 e. The maximum Gasteiger partial charge on any atom is 0.150 e. The summed E-state index contributed by atoms with van der Waals surface area (Å²) in [5, 5.41) is 0.0115. The lowest BCUT2D eigenvalue weighted by atomic mass is 10.1. The number of anilines is 1. The van der Waals surface area contributed by atoms with Crippen LogP contribution in [-0.4, -0.2) is 9.97 Å². The summed E-state index contributed by atoms with van der Waals surface area (Å²) < 4.78 is 18.2. The van der Waals surface area contributed by atoms with Gasteiger partial charge in [-0.25, -0.2) is 14.4 Å². The summed E-state index contributed by atoms with van der Waals surface area (Å²) in [7, 11) is 0. The van der Waals surface area contributed by atoms with Crippen molar-refractivity contribution in [3.63, 3.8) is 0 Å². The molecule has 0 atom stereocenters. The van der Waals surface area contributed by atoms with E-state index in [9.17, 15) is 4.39 Å². The minimum absolute atomic E-state index is 0.0115. The van der Waals surface area contributed by atoms with Gasteiger partial charge >= 0.3 is 0 Å². The Labute approximate surface area is 119 Å². The van der Waals surface area contributed by atoms with Crippen molar-refractivity contribution >= 4 is 17.4 Å². The van der Waals surface area contributed by atoms with Gasteiger partial charge in [0.2, 0.25) is 0 Å². The first-order valence-corrected chi connectivity index (χ1v) is 6.13. The number of furan rings is 1. The molecule has 0 unspecified atom stereocenters. The van der Waals surface area contributed by atoms with Crippen molar-refractivity contribution in [1.82, 2.24) is 9.97 Å². The lowest BCUT2D eigenvalue weighted by Gasteiger charge is -2.07. The molecule has 6 heteroatoms. The highest BCUT2D eigenvalue weighted by Gasteiger charge is 2.11. The first kappa shape index (κ1) is 12.6. The number of nitrogen functional groups attached to an aromatic ring is 1. The van der Waals surface area contributed by atoms with Crippen LogP contribution in [0.1, 0.15) is 0 Å². The Morgan fingerprint density at radius 2 is 2.05 bits per heavy atom. The molecule has 0 aliphatic heterocycles. The van der Waals surface area contributed by atoms with Gasteiger partial charge in [-0.1, -0.05) is 11.6 Å². The molecule has 0 aliphatic carbocycles. The Kier molecular flexibility index (Phi) is 3.12. The molecule has 20 heavy (non-hydrogen) atoms. The van der Waals surface area contributed by atoms with Crippen molar-refractivity contribution in [3.05, 3.63) is 53.8 Å². The van der Waals surface area contributed by atoms with Crippen LogP contribution in [-0.2, 0) is 0 Å². The van der Waals surface area contributed by atoms with Crippen LogP contribution in [0.25, 0.3) is 22.5 Å². The summed E-state index contributed by atoms with van der Waals surface area (Å²) in [6.45, 7) is 0. The van der Waals surface area contributed by atoms with Crippen LogP contribution in [0.4, 0.5) is 10.2 Å². The zero-order valence-corrected chi connectivity index (χ0v) is 10.9. The highest BCUT2D eigenvalue weighted by Crippen LogP contribution is 2.28. The quantitative estimate of drug-likeness (QED) is 0.780. The van der Waals surface area contributed by atoms with E-state index in [4.69, 9.17) is 21.8 Å². The van der Waals surface area contributed by atoms with Gasteiger partial charge in [0, 0.05) is 11.1 Å². The zero-order chi connectivity index (χ0) is 14.1. The average Bonchev–Trinajstić information content (AvgIpc) is 2.97. The van der Waals surface area contributed by atoms with Gasteiger partial charge in [-0.3, -0.25) is 0 Å². The molecule has 4 nitrogen and oxygen atoms in total. The summed E-state index contributed by atoms with van der Waals surface area (Å²) in [6, 6.07) is 6.06. The third-order valence-corrected chi connectivity index (χ3v) is 3.10. The lowest BCUT2D eigenvalue weighted by molar-refractivity contribution is 0.568. The number of benzene rings is 1. The number of hydrogen-bond acceptors (Lipinski definition) is 4. The third kappa shape index (κ3) is 2.23. The molecule has 3 aromatic rings. The average molecular weight is 290 g/mol. The van der Waals surface area contributed by atoms with Crippen molar-refractivity contribution in [2.24, 2.45) is 0 Å². The summed E-state index contributed by atoms with van der Waals surface area (Å²) in [6.07, 6.45) is 4.65. The Balaban J connectivity index is 2.13. The highest BCUT2D eigenvalue weighted by atomic mass is 35.5. The van der Waals surface area contributed by atoms with Gasteiger partial charge in [0.15, 0.2) is 0 Å². The van der Waals surface area contributed by atoms with Crippen LogP contribution in [0.15, 0.2) is 47.4 Å². The van der Waals surface area contributed by atoms with E-state index in [1.54, 1.807) is 30.9 Å². The van der Waals surface area contributed by atoms with Crippen molar-refractivity contribution < 1.29 is 8.81 Å². The van der Waals surface area contributed by atoms with Crippen LogP contribution in [0.5, 0.6) is 0 Å². The molecule has 3 rings (SSSR count). The Hall–Kier alpha value is -2.40. The van der Waals surface area contributed by atoms with Crippen LogP contribution in [0.3, 0.4) is 0 Å². The largest absolute Gasteiger partial charge is 0.472 e. The van der Waals surface area contributed by atoms with Gasteiger partial charge in [0.05, 0.1) is 29.4 Å². The Morgan fingerprint density at radius 3 is 2.75 bits per heavy atom. The number of rotatable bonds is 2. The molecule has 0 bridgehead atoms. The van der Waals surface area contributed by atoms with Crippen LogP contribution < -0.4 is 5.73 Å². The topological polar surface area (TPSA) is 64.9 Å². The van der Waals surface area contributed by atoms with Crippen LogP contribution in [0, 0.1) is 5.82 Å². The van der Waals surface area contributed by atoms with E-state index in [1.165, 1.54) is 12.1 Å². The fourth-order valence-corrected chi connectivity index (χ4v) is 1.98. The van der Waals surface area contributed by atoms with E-state index in [1.807, 2.05) is 0 Å². The summed E-state index contributed by atoms with van der Waals surface area (Å²) >= 11 is 5.78. The van der Waals surface area contributed by atoms with Crippen LogP contribution in [0.2, 0.25) is 5.02 Å². The molecule has 1 aromatic carbocycles. The number of hydrogen-bond donors (Lipinski definition) is 1. The van der Waals surface area contributed by atoms with E-state index in [-0.39, 0.29) is 10.8 Å². The molecule has 0 saturated carbocycles. The van der Waals surface area contributed by atoms with Gasteiger partial charge in [-0.2, -0.15) is 0 Å². The number of nitrogens with zero attached hydrogens (tertiary/aromatic N) is 2. The maximum absolute atomic E-state index is 13.2. The molecule has 0 saturated heterocycles. The second kappa shape index (κ2) is 4.94. The van der Waals surface area contributed by atoms with Crippen molar-refractivity contribution in [1.29, 1.82) is 0 Å². The maximum atomic E-state index is 13.2. The highest BCUT2D eigenvalue weighted by molar-refractivity contribution is 6.31. The summed E-state index contributed by atoms with van der Waals surface area (Å²) in [5.74, 6) is -0.243. The van der Waals surface area contributed by atoms with Gasteiger partial charge < -0.3 is 10.2 Å². The summed E-state index contributed by atoms with van der Waals surface area (Å²) in [5.41, 5.74) is 8.28. The molecular weight excluding hydrogens is 281 g/mol. The van der Waals surface area contributed by atoms with Crippen molar-refractivity contribution in [2.75, 3.05) is 5.73 Å². The lowest BCUT2D eigenvalue weighted by Crippen LogP contribution is -1.98. The van der Waals surface area contributed by atoms with E-state index < -0.39 is 5.82 Å². The fraction of sp³-hybridized carbons (Fsp3) is 0. The molecule has 0 aliphatic rings. The molecule has 2 aromatic heterocycles. The van der Waals surface area contributed by atoms with Gasteiger partial charge in [0.25, 0.3) is 0 Å². The molecule has 100 valence electrons. The molecule has 0 fully saturated rings. The predicted molar refractivity (Wildman–Crippen MR) is 74.6 cm³/mol. The molecule has 0 radical (unpaired) electrons. The SMILES string of the molecule is Nc1ncc(-c2ccoc2)nc1-c1ccc(F)c(Cl)c1. The minimum Gasteiger partial charge on any atom is -0.472 e. The van der Waals surface area contributed by atoms with E-state index in [0.29, 0.717) is 17.0 Å². The second-order valence-electron chi connectivity index (χ2n) is 4.13. The van der Waals surface area contributed by atoms with E-state index >= 15 is 0 Å². The second-order valence-corrected chi connectivity index (χ2v) is 4.54. The number of aromatic nitrogens is 2. The third-order valence-electron chi connectivity index (χ3n) is 2.81. The van der Waals surface area contributed by atoms with Gasteiger partial charge in [-0.15, -0.1) is 0 Å². The Bertz CT molecular complexity index is 759. The van der Waals surface area contributed by atoms with E-state index in [0.717, 1.165) is 5.56 Å². The Morgan fingerprint density at radius 1 is 1.20 bits per heavy atom. The zero-order valence-electron chi connectivity index (χ0n) is 10.2. The van der Waals surface area contributed by atoms with Crippen LogP contribution >= 0.6 is 11.6 Å². The summed E-state index contributed by atoms with van der Waals surface area (Å²) in [4.78, 5) is 8.53. The normalized spacial score (nSPS) is 10.7. The molecule has 0 amide bonds. The van der Waals surface area contributed by atoms with Gasteiger partial charge in [0.1, 0.15) is 17.3 Å². The molecular formula is C14H9ClFN3O. The molecule has 2 N–H and O–H groups in total. The number of nitrogens with two attached hydrogens (primary N) is 1. The fourth-order valence-electron chi connectivity index (χ4n) is 1.80. The van der Waals surface area contributed by atoms with E-state index in [2.05, 4.69) is 9.97 Å². The van der Waals surface area contributed by atoms with Crippen molar-refractivity contribution in [3.8, 4) is 22.5 Å². The molecule has 0 spiro atoms. The molecule has 2 heterocycles. The first-order valence-electron chi connectivity index (χ1n) is 5.75. The van der Waals surface area contributed by atoms with Gasteiger partial charge in [-0.05, 0) is 24.3 Å². The monoisotopic (exact) mass is 289 g/mol. The predicted octanol–water partition coefficient (Wildman–Crippen LogP) is 3.78. The first-order chi connectivity index (χ1) is 9.65. The number of halogens is 2. The standard InChI is InChI=1S/C14H9ClFN3O/c15-10-5-8(1-2-11(10)16)13-14(17)18-6-12(19-13)9-3-4-20-7-9/h1-7H,(H2,17,18). The van der Waals surface area contributed by atoms with Crippen molar-refractivity contribution in [2.45, 2.75) is 0 Å². The minimum atomic E-state index is -0.493.